The summed E-state index contributed by atoms with van der Waals surface area (Å²) in [5, 5.41) is 3.34. The topological polar surface area (TPSA) is 80.3 Å². The minimum Gasteiger partial charge on any atom is -0.494 e. The zero-order valence-corrected chi connectivity index (χ0v) is 20.2. The number of amides is 2. The predicted molar refractivity (Wildman–Crippen MR) is 132 cm³/mol. The molecule has 0 saturated carbocycles. The van der Waals surface area contributed by atoms with E-state index >= 15 is 0 Å². The molecule has 34 heavy (non-hydrogen) atoms. The summed E-state index contributed by atoms with van der Waals surface area (Å²) in [6.07, 6.45) is 1.60. The molecule has 2 heterocycles. The van der Waals surface area contributed by atoms with Crippen molar-refractivity contribution in [3.8, 4) is 17.2 Å². The van der Waals surface area contributed by atoms with Gasteiger partial charge in [0.15, 0.2) is 16.6 Å². The third kappa shape index (κ3) is 5.25. The molecule has 0 aromatic heterocycles. The first kappa shape index (κ1) is 23.8. The first-order chi connectivity index (χ1) is 16.5. The molecule has 1 unspecified atom stereocenters. The monoisotopic (exact) mass is 483 g/mol. The lowest BCUT2D eigenvalue weighted by Gasteiger charge is -2.24. The van der Waals surface area contributed by atoms with Gasteiger partial charge < -0.3 is 24.4 Å². The van der Waals surface area contributed by atoms with Crippen LogP contribution >= 0.6 is 12.2 Å². The first-order valence-electron chi connectivity index (χ1n) is 11.5. The second kappa shape index (κ2) is 10.7. The fourth-order valence-corrected chi connectivity index (χ4v) is 4.46. The van der Waals surface area contributed by atoms with Crippen molar-refractivity contribution in [2.24, 2.45) is 0 Å². The molecule has 0 bridgehead atoms. The van der Waals surface area contributed by atoms with Crippen molar-refractivity contribution in [3.05, 3.63) is 48.0 Å². The van der Waals surface area contributed by atoms with E-state index in [-0.39, 0.29) is 25.0 Å². The molecule has 2 amide bonds. The van der Waals surface area contributed by atoms with Crippen LogP contribution in [0.15, 0.2) is 42.5 Å². The number of nitrogens with one attached hydrogen (secondary N) is 1. The summed E-state index contributed by atoms with van der Waals surface area (Å²) in [6.45, 7) is 5.78. The number of rotatable bonds is 10. The number of thiocarbonyl (C=S) groups is 1. The van der Waals surface area contributed by atoms with Crippen molar-refractivity contribution >= 4 is 34.8 Å². The first-order valence-corrected chi connectivity index (χ1v) is 11.9. The molecule has 4 rings (SSSR count). The Hall–Kier alpha value is -3.33. The van der Waals surface area contributed by atoms with Gasteiger partial charge in [-0.2, -0.15) is 0 Å². The maximum atomic E-state index is 13.0. The number of likely N-dealkylation sites (N-methyl/N-ethyl adjacent to an activating group) is 1. The minimum atomic E-state index is -0.631. The molecule has 0 spiro atoms. The highest BCUT2D eigenvalue weighted by Gasteiger charge is 2.42. The van der Waals surface area contributed by atoms with Gasteiger partial charge in [0.25, 0.3) is 5.91 Å². The molecular weight excluding hydrogens is 454 g/mol. The number of carbonyl (C=O) groups is 2. The molecule has 2 aromatic carbocycles. The van der Waals surface area contributed by atoms with Crippen LogP contribution < -0.4 is 19.5 Å². The lowest BCUT2D eigenvalue weighted by molar-refractivity contribution is -0.130. The standard InChI is InChI=1S/C25H29N3O5S/c1-3-13-31-19-8-6-18(7-9-19)26-23(29)15-20-24(30)27(4-2)25(34)28(20)12-11-17-5-10-21-22(14-17)33-16-32-21/h5-10,14,20H,3-4,11-13,15-16H2,1-2H3,(H,26,29). The van der Waals surface area contributed by atoms with Crippen LogP contribution in [0.1, 0.15) is 32.3 Å². The van der Waals surface area contributed by atoms with E-state index in [9.17, 15) is 9.59 Å². The van der Waals surface area contributed by atoms with Gasteiger partial charge in [0.05, 0.1) is 13.0 Å². The maximum absolute atomic E-state index is 13.0. The molecule has 0 aliphatic carbocycles. The summed E-state index contributed by atoms with van der Waals surface area (Å²) in [7, 11) is 0. The highest BCUT2D eigenvalue weighted by molar-refractivity contribution is 7.80. The van der Waals surface area contributed by atoms with Gasteiger partial charge in [-0.05, 0) is 73.9 Å². The van der Waals surface area contributed by atoms with Crippen LogP contribution in [0.3, 0.4) is 0 Å². The Morgan fingerprint density at radius 3 is 2.65 bits per heavy atom. The van der Waals surface area contributed by atoms with E-state index in [0.29, 0.717) is 36.9 Å². The smallest absolute Gasteiger partial charge is 0.252 e. The average Bonchev–Trinajstić information content (AvgIpc) is 3.39. The lowest BCUT2D eigenvalue weighted by atomic mass is 10.1. The highest BCUT2D eigenvalue weighted by atomic mass is 32.1. The Labute approximate surface area is 204 Å². The summed E-state index contributed by atoms with van der Waals surface area (Å²) in [6, 6.07) is 12.4. The summed E-state index contributed by atoms with van der Waals surface area (Å²) >= 11 is 5.58. The zero-order chi connectivity index (χ0) is 24.1. The summed E-state index contributed by atoms with van der Waals surface area (Å²) in [5.74, 6) is 1.82. The van der Waals surface area contributed by atoms with E-state index < -0.39 is 6.04 Å². The molecule has 1 fully saturated rings. The molecule has 0 radical (unpaired) electrons. The fourth-order valence-electron chi connectivity index (χ4n) is 4.02. The number of hydrogen-bond acceptors (Lipinski definition) is 6. The van der Waals surface area contributed by atoms with Crippen molar-refractivity contribution in [3.63, 3.8) is 0 Å². The van der Waals surface area contributed by atoms with E-state index in [1.165, 1.54) is 0 Å². The Kier molecular flexibility index (Phi) is 7.52. The van der Waals surface area contributed by atoms with Gasteiger partial charge in [-0.15, -0.1) is 0 Å². The van der Waals surface area contributed by atoms with Crippen LogP contribution in [-0.2, 0) is 16.0 Å². The van der Waals surface area contributed by atoms with Crippen LogP contribution in [-0.4, -0.2) is 59.3 Å². The number of nitrogens with zero attached hydrogens (tertiary/aromatic N) is 2. The van der Waals surface area contributed by atoms with Crippen molar-refractivity contribution in [1.29, 1.82) is 0 Å². The van der Waals surface area contributed by atoms with E-state index in [4.69, 9.17) is 26.4 Å². The number of ether oxygens (including phenoxy) is 3. The van der Waals surface area contributed by atoms with Gasteiger partial charge in [-0.3, -0.25) is 14.5 Å². The molecule has 9 heteroatoms. The van der Waals surface area contributed by atoms with Gasteiger partial charge in [0.1, 0.15) is 11.8 Å². The summed E-state index contributed by atoms with van der Waals surface area (Å²) in [4.78, 5) is 29.2. The number of hydrogen-bond donors (Lipinski definition) is 1. The van der Waals surface area contributed by atoms with Crippen molar-refractivity contribution < 1.29 is 23.8 Å². The van der Waals surface area contributed by atoms with Crippen molar-refractivity contribution in [2.75, 3.05) is 31.8 Å². The molecule has 1 N–H and O–H groups in total. The van der Waals surface area contributed by atoms with Gasteiger partial charge in [-0.1, -0.05) is 13.0 Å². The van der Waals surface area contributed by atoms with Crippen LogP contribution in [0.4, 0.5) is 5.69 Å². The SMILES string of the molecule is CCCOc1ccc(NC(=O)CC2C(=O)N(CC)C(=S)N2CCc2ccc3c(c2)OCO3)cc1. The van der Waals surface area contributed by atoms with Gasteiger partial charge >= 0.3 is 0 Å². The summed E-state index contributed by atoms with van der Waals surface area (Å²) < 4.78 is 16.4. The second-order valence-corrected chi connectivity index (χ2v) is 8.50. The predicted octanol–water partition coefficient (Wildman–Crippen LogP) is 3.59. The average molecular weight is 484 g/mol. The Morgan fingerprint density at radius 1 is 1.15 bits per heavy atom. The second-order valence-electron chi connectivity index (χ2n) is 8.14. The maximum Gasteiger partial charge on any atom is 0.252 e. The third-order valence-electron chi connectivity index (χ3n) is 5.79. The Morgan fingerprint density at radius 2 is 1.91 bits per heavy atom. The van der Waals surface area contributed by atoms with Crippen molar-refractivity contribution in [1.82, 2.24) is 9.80 Å². The molecule has 180 valence electrons. The molecule has 1 saturated heterocycles. The lowest BCUT2D eigenvalue weighted by Crippen LogP contribution is -2.39. The number of carbonyl (C=O) groups excluding carboxylic acids is 2. The highest BCUT2D eigenvalue weighted by Crippen LogP contribution is 2.33. The molecule has 2 aromatic rings. The van der Waals surface area contributed by atoms with Crippen LogP contribution in [0.2, 0.25) is 0 Å². The van der Waals surface area contributed by atoms with Crippen LogP contribution in [0.25, 0.3) is 0 Å². The van der Waals surface area contributed by atoms with Crippen molar-refractivity contribution in [2.45, 2.75) is 39.2 Å². The number of fused-ring (bicyclic) bond motifs is 1. The molecule has 2 aliphatic rings. The minimum absolute atomic E-state index is 0.0186. The van der Waals surface area contributed by atoms with Crippen LogP contribution in [0, 0.1) is 0 Å². The molecular formula is C25H29N3O5S. The van der Waals surface area contributed by atoms with Gasteiger partial charge in [0.2, 0.25) is 12.7 Å². The summed E-state index contributed by atoms with van der Waals surface area (Å²) in [5.41, 5.74) is 1.70. The zero-order valence-electron chi connectivity index (χ0n) is 19.4. The third-order valence-corrected chi connectivity index (χ3v) is 6.24. The Bertz CT molecular complexity index is 1060. The molecule has 8 nitrogen and oxygen atoms in total. The van der Waals surface area contributed by atoms with Gasteiger partial charge in [0, 0.05) is 18.8 Å². The van der Waals surface area contributed by atoms with E-state index in [2.05, 4.69) is 5.32 Å². The largest absolute Gasteiger partial charge is 0.494 e. The Balaban J connectivity index is 1.40. The van der Waals surface area contributed by atoms with E-state index in [1.807, 2.05) is 49.1 Å². The number of anilines is 1. The quantitative estimate of drug-likeness (QED) is 0.517. The fraction of sp³-hybridized carbons (Fsp3) is 0.400. The molecule has 2 aliphatic heterocycles. The molecule has 1 atom stereocenters. The number of benzene rings is 2. The van der Waals surface area contributed by atoms with Gasteiger partial charge in [-0.25, -0.2) is 0 Å². The van der Waals surface area contributed by atoms with E-state index in [1.54, 1.807) is 17.0 Å². The normalized spacial score (nSPS) is 16.8. The van der Waals surface area contributed by atoms with Crippen LogP contribution in [0.5, 0.6) is 17.2 Å². The van der Waals surface area contributed by atoms with E-state index in [0.717, 1.165) is 29.2 Å².